The summed E-state index contributed by atoms with van der Waals surface area (Å²) in [6, 6.07) is 13.6. The standard InChI is InChI=1S/C21H22ClN3O2/c1-3-14(11-21(26)27)15-4-9-19(16-12-23-25(2)13-16)20(10-15)24-18-7-5-17(22)6-8-18/h4-10,12-14,24H,3,11H2,1-2H3,(H,26,27)/t14-/m1/s1. The second-order valence-electron chi connectivity index (χ2n) is 6.54. The van der Waals surface area contributed by atoms with Crippen molar-refractivity contribution in [2.45, 2.75) is 25.7 Å². The van der Waals surface area contributed by atoms with Crippen molar-refractivity contribution >= 4 is 28.9 Å². The van der Waals surface area contributed by atoms with Crippen molar-refractivity contribution in [2.24, 2.45) is 7.05 Å². The van der Waals surface area contributed by atoms with Gasteiger partial charge in [-0.05, 0) is 48.2 Å². The minimum absolute atomic E-state index is 0.0313. The molecule has 0 unspecified atom stereocenters. The number of nitrogens with zero attached hydrogens (tertiary/aromatic N) is 2. The van der Waals surface area contributed by atoms with Crippen LogP contribution in [0.25, 0.3) is 11.1 Å². The lowest BCUT2D eigenvalue weighted by atomic mass is 9.91. The lowest BCUT2D eigenvalue weighted by molar-refractivity contribution is -0.137. The Morgan fingerprint density at radius 1 is 1.26 bits per heavy atom. The quantitative estimate of drug-likeness (QED) is 0.569. The normalized spacial score (nSPS) is 12.0. The number of rotatable bonds is 7. The van der Waals surface area contributed by atoms with E-state index < -0.39 is 5.97 Å². The Labute approximate surface area is 163 Å². The maximum atomic E-state index is 11.2. The molecule has 0 bridgehead atoms. The minimum atomic E-state index is -0.787. The zero-order valence-electron chi connectivity index (χ0n) is 15.3. The second kappa shape index (κ2) is 8.27. The maximum absolute atomic E-state index is 11.2. The predicted molar refractivity (Wildman–Crippen MR) is 109 cm³/mol. The number of carboxylic acids is 1. The molecular weight excluding hydrogens is 362 g/mol. The maximum Gasteiger partial charge on any atom is 0.303 e. The molecule has 0 radical (unpaired) electrons. The second-order valence-corrected chi connectivity index (χ2v) is 6.98. The summed E-state index contributed by atoms with van der Waals surface area (Å²) in [4.78, 5) is 11.2. The summed E-state index contributed by atoms with van der Waals surface area (Å²) in [6.45, 7) is 2.01. The monoisotopic (exact) mass is 383 g/mol. The molecule has 2 aromatic carbocycles. The number of aliphatic carboxylic acids is 1. The van der Waals surface area contributed by atoms with Crippen LogP contribution in [0.4, 0.5) is 11.4 Å². The van der Waals surface area contributed by atoms with Gasteiger partial charge in [-0.3, -0.25) is 9.48 Å². The van der Waals surface area contributed by atoms with Crippen LogP contribution < -0.4 is 5.32 Å². The summed E-state index contributed by atoms with van der Waals surface area (Å²) >= 11 is 5.98. The van der Waals surface area contributed by atoms with Gasteiger partial charge in [-0.1, -0.05) is 30.7 Å². The molecule has 0 amide bonds. The zero-order chi connectivity index (χ0) is 19.4. The van der Waals surface area contributed by atoms with Gasteiger partial charge in [-0.25, -0.2) is 0 Å². The van der Waals surface area contributed by atoms with Crippen LogP contribution in [0.1, 0.15) is 31.2 Å². The molecule has 1 heterocycles. The number of nitrogens with one attached hydrogen (secondary N) is 1. The van der Waals surface area contributed by atoms with Gasteiger partial charge in [0.15, 0.2) is 0 Å². The third-order valence-corrected chi connectivity index (χ3v) is 4.82. The fraction of sp³-hybridized carbons (Fsp3) is 0.238. The highest BCUT2D eigenvalue weighted by Gasteiger charge is 2.16. The smallest absolute Gasteiger partial charge is 0.303 e. The Bertz CT molecular complexity index is 935. The van der Waals surface area contributed by atoms with Gasteiger partial charge in [0.2, 0.25) is 0 Å². The largest absolute Gasteiger partial charge is 0.481 e. The number of hydrogen-bond donors (Lipinski definition) is 2. The third-order valence-electron chi connectivity index (χ3n) is 4.57. The summed E-state index contributed by atoms with van der Waals surface area (Å²) in [5, 5.41) is 17.6. The van der Waals surface area contributed by atoms with Gasteiger partial charge >= 0.3 is 5.97 Å². The van der Waals surface area contributed by atoms with Crippen molar-refractivity contribution in [3.05, 3.63) is 65.4 Å². The number of aromatic nitrogens is 2. The SMILES string of the molecule is CC[C@H](CC(=O)O)c1ccc(-c2cnn(C)c2)c(Nc2ccc(Cl)cc2)c1. The van der Waals surface area contributed by atoms with E-state index in [1.54, 1.807) is 4.68 Å². The molecule has 0 saturated carbocycles. The van der Waals surface area contributed by atoms with Gasteiger partial charge in [0.25, 0.3) is 0 Å². The highest BCUT2D eigenvalue weighted by molar-refractivity contribution is 6.30. The molecule has 1 aromatic heterocycles. The van der Waals surface area contributed by atoms with E-state index in [-0.39, 0.29) is 12.3 Å². The lowest BCUT2D eigenvalue weighted by Crippen LogP contribution is -2.06. The molecule has 0 aliphatic rings. The summed E-state index contributed by atoms with van der Waals surface area (Å²) in [5.41, 5.74) is 4.82. The van der Waals surface area contributed by atoms with Crippen molar-refractivity contribution in [1.29, 1.82) is 0 Å². The van der Waals surface area contributed by atoms with E-state index in [4.69, 9.17) is 11.6 Å². The first-order chi connectivity index (χ1) is 13.0. The zero-order valence-corrected chi connectivity index (χ0v) is 16.1. The molecule has 27 heavy (non-hydrogen) atoms. The Morgan fingerprint density at radius 2 is 2.00 bits per heavy atom. The molecule has 0 fully saturated rings. The van der Waals surface area contributed by atoms with Crippen LogP contribution >= 0.6 is 11.6 Å². The average Bonchev–Trinajstić information content (AvgIpc) is 3.07. The van der Waals surface area contributed by atoms with Gasteiger partial charge in [0.1, 0.15) is 0 Å². The highest BCUT2D eigenvalue weighted by Crippen LogP contribution is 2.35. The van der Waals surface area contributed by atoms with Crippen LogP contribution in [0.15, 0.2) is 54.9 Å². The summed E-state index contributed by atoms with van der Waals surface area (Å²) < 4.78 is 1.76. The van der Waals surface area contributed by atoms with Crippen molar-refractivity contribution < 1.29 is 9.90 Å². The van der Waals surface area contributed by atoms with Crippen LogP contribution in [0, 0.1) is 0 Å². The molecule has 3 aromatic rings. The number of benzene rings is 2. The molecular formula is C21H22ClN3O2. The van der Waals surface area contributed by atoms with E-state index in [0.717, 1.165) is 34.5 Å². The van der Waals surface area contributed by atoms with Gasteiger partial charge in [0.05, 0.1) is 12.6 Å². The van der Waals surface area contributed by atoms with Crippen LogP contribution in [-0.2, 0) is 11.8 Å². The molecule has 0 aliphatic carbocycles. The van der Waals surface area contributed by atoms with Crippen LogP contribution in [-0.4, -0.2) is 20.9 Å². The summed E-state index contributed by atoms with van der Waals surface area (Å²) in [7, 11) is 1.88. The molecule has 0 saturated heterocycles. The molecule has 140 valence electrons. The number of carboxylic acid groups (broad SMARTS) is 1. The van der Waals surface area contributed by atoms with E-state index >= 15 is 0 Å². The number of hydrogen-bond acceptors (Lipinski definition) is 3. The molecule has 0 aliphatic heterocycles. The third kappa shape index (κ3) is 4.68. The van der Waals surface area contributed by atoms with Crippen molar-refractivity contribution in [3.63, 3.8) is 0 Å². The van der Waals surface area contributed by atoms with Crippen LogP contribution in [0.2, 0.25) is 5.02 Å². The van der Waals surface area contributed by atoms with Crippen LogP contribution in [0.5, 0.6) is 0 Å². The Morgan fingerprint density at radius 3 is 2.59 bits per heavy atom. The van der Waals surface area contributed by atoms with E-state index in [0.29, 0.717) is 5.02 Å². The Hall–Kier alpha value is -2.79. The summed E-state index contributed by atoms with van der Waals surface area (Å²) in [6.07, 6.45) is 4.65. The molecule has 2 N–H and O–H groups in total. The Balaban J connectivity index is 2.02. The van der Waals surface area contributed by atoms with Gasteiger partial charge in [-0.2, -0.15) is 5.10 Å². The molecule has 0 spiro atoms. The molecule has 1 atom stereocenters. The minimum Gasteiger partial charge on any atom is -0.481 e. The fourth-order valence-electron chi connectivity index (χ4n) is 3.13. The molecule has 6 heteroatoms. The first-order valence-electron chi connectivity index (χ1n) is 8.83. The first-order valence-corrected chi connectivity index (χ1v) is 9.21. The van der Waals surface area contributed by atoms with Gasteiger partial charge in [0, 0.05) is 40.8 Å². The van der Waals surface area contributed by atoms with E-state index in [1.807, 2.05) is 68.8 Å². The lowest BCUT2D eigenvalue weighted by Gasteiger charge is -2.18. The van der Waals surface area contributed by atoms with E-state index in [1.165, 1.54) is 0 Å². The van der Waals surface area contributed by atoms with E-state index in [2.05, 4.69) is 10.4 Å². The average molecular weight is 384 g/mol. The molecule has 5 nitrogen and oxygen atoms in total. The van der Waals surface area contributed by atoms with E-state index in [9.17, 15) is 9.90 Å². The van der Waals surface area contributed by atoms with Crippen molar-refractivity contribution in [3.8, 4) is 11.1 Å². The summed E-state index contributed by atoms with van der Waals surface area (Å²) in [5.74, 6) is -0.818. The number of halogens is 1. The first kappa shape index (κ1) is 19.0. The highest BCUT2D eigenvalue weighted by atomic mass is 35.5. The van der Waals surface area contributed by atoms with Crippen molar-refractivity contribution in [1.82, 2.24) is 9.78 Å². The number of carbonyl (C=O) groups is 1. The fourth-order valence-corrected chi connectivity index (χ4v) is 3.25. The Kier molecular flexibility index (Phi) is 5.81. The topological polar surface area (TPSA) is 67.1 Å². The number of anilines is 2. The predicted octanol–water partition coefficient (Wildman–Crippen LogP) is 5.45. The van der Waals surface area contributed by atoms with Crippen molar-refractivity contribution in [2.75, 3.05) is 5.32 Å². The van der Waals surface area contributed by atoms with Gasteiger partial charge in [-0.15, -0.1) is 0 Å². The molecule has 3 rings (SSSR count). The number of aryl methyl sites for hydroxylation is 1. The van der Waals surface area contributed by atoms with Crippen LogP contribution in [0.3, 0.4) is 0 Å². The van der Waals surface area contributed by atoms with Gasteiger partial charge < -0.3 is 10.4 Å².